The number of aliphatic hydroxyl groups is 1. The van der Waals surface area contributed by atoms with Gasteiger partial charge in [-0.3, -0.25) is 14.0 Å². The van der Waals surface area contributed by atoms with E-state index >= 15 is 0 Å². The van der Waals surface area contributed by atoms with Crippen molar-refractivity contribution in [3.63, 3.8) is 0 Å². The van der Waals surface area contributed by atoms with Gasteiger partial charge in [0.15, 0.2) is 0 Å². The number of hydrogen-bond acceptors (Lipinski definition) is 6. The van der Waals surface area contributed by atoms with Crippen LogP contribution in [-0.4, -0.2) is 61.4 Å². The molecule has 1 fully saturated rings. The third-order valence-electron chi connectivity index (χ3n) is 7.37. The van der Waals surface area contributed by atoms with Gasteiger partial charge in [0.1, 0.15) is 5.82 Å². The molecule has 180 valence electrons. The van der Waals surface area contributed by atoms with Crippen LogP contribution in [0, 0.1) is 6.92 Å². The van der Waals surface area contributed by atoms with Gasteiger partial charge in [0, 0.05) is 31.2 Å². The van der Waals surface area contributed by atoms with Crippen LogP contribution >= 0.6 is 0 Å². The van der Waals surface area contributed by atoms with Crippen molar-refractivity contribution in [2.24, 2.45) is 0 Å². The first kappa shape index (κ1) is 21.9. The number of ether oxygens (including phenoxy) is 1. The maximum Gasteiger partial charge on any atom is 0.294 e. The Morgan fingerprint density at radius 2 is 1.94 bits per heavy atom. The highest BCUT2D eigenvalue weighted by Gasteiger charge is 2.31. The van der Waals surface area contributed by atoms with Crippen molar-refractivity contribution in [3.8, 4) is 0 Å². The Labute approximate surface area is 201 Å². The van der Waals surface area contributed by atoms with E-state index in [2.05, 4.69) is 21.2 Å². The molecule has 2 N–H and O–H groups in total. The normalized spacial score (nSPS) is 18.8. The number of fused-ring (bicyclic) bond motifs is 4. The molecular formula is C26H27N5O4. The molecule has 0 radical (unpaired) electrons. The molecule has 6 rings (SSSR count). The van der Waals surface area contributed by atoms with Gasteiger partial charge in [0.25, 0.3) is 11.5 Å². The van der Waals surface area contributed by atoms with Crippen LogP contribution in [0.3, 0.4) is 0 Å². The Kier molecular flexibility index (Phi) is 5.38. The van der Waals surface area contributed by atoms with Gasteiger partial charge >= 0.3 is 0 Å². The van der Waals surface area contributed by atoms with Crippen LogP contribution in [0.2, 0.25) is 0 Å². The highest BCUT2D eigenvalue weighted by Crippen LogP contribution is 2.30. The van der Waals surface area contributed by atoms with Crippen LogP contribution in [-0.2, 0) is 17.7 Å². The molecule has 1 atom stereocenters. The third kappa shape index (κ3) is 3.62. The largest absolute Gasteiger partial charge is 0.394 e. The van der Waals surface area contributed by atoms with Gasteiger partial charge in [-0.15, -0.1) is 10.2 Å². The summed E-state index contributed by atoms with van der Waals surface area (Å²) in [6.45, 7) is 3.49. The van der Waals surface area contributed by atoms with Crippen molar-refractivity contribution in [2.45, 2.75) is 44.7 Å². The summed E-state index contributed by atoms with van der Waals surface area (Å²) in [5.74, 6) is 0.710. The third-order valence-corrected chi connectivity index (χ3v) is 7.37. The highest BCUT2D eigenvalue weighted by atomic mass is 16.5. The Morgan fingerprint density at radius 3 is 2.71 bits per heavy atom. The minimum atomic E-state index is -0.310. The lowest BCUT2D eigenvalue weighted by molar-refractivity contribution is 0.0543. The van der Waals surface area contributed by atoms with Crippen LogP contribution in [0.25, 0.3) is 16.7 Å². The van der Waals surface area contributed by atoms with E-state index in [0.717, 1.165) is 35.4 Å². The summed E-state index contributed by atoms with van der Waals surface area (Å²) in [6, 6.07) is 11.4. The number of hydrogen-bond donors (Lipinski definition) is 2. The van der Waals surface area contributed by atoms with E-state index in [1.54, 1.807) is 9.30 Å². The number of aromatic nitrogens is 4. The van der Waals surface area contributed by atoms with Crippen molar-refractivity contribution in [2.75, 3.05) is 19.8 Å². The van der Waals surface area contributed by atoms with Crippen molar-refractivity contribution < 1.29 is 14.6 Å². The molecule has 2 aromatic carbocycles. The van der Waals surface area contributed by atoms with E-state index in [4.69, 9.17) is 4.74 Å². The van der Waals surface area contributed by atoms with Gasteiger partial charge < -0.3 is 19.7 Å². The van der Waals surface area contributed by atoms with Crippen LogP contribution < -0.4 is 5.56 Å². The number of aromatic amines is 1. The fourth-order valence-electron chi connectivity index (χ4n) is 5.43. The molecule has 9 nitrogen and oxygen atoms in total. The second kappa shape index (κ2) is 8.58. The minimum absolute atomic E-state index is 0.108. The molecule has 2 aliphatic heterocycles. The molecule has 4 heterocycles. The molecule has 2 aromatic heterocycles. The lowest BCUT2D eigenvalue weighted by atomic mass is 9.93. The molecular weight excluding hydrogens is 446 g/mol. The molecule has 4 aromatic rings. The molecule has 2 aliphatic rings. The van der Waals surface area contributed by atoms with Crippen LogP contribution in [0.15, 0.2) is 41.2 Å². The predicted octanol–water partition coefficient (Wildman–Crippen LogP) is 2.33. The molecule has 0 spiro atoms. The Balaban J connectivity index is 1.48. The van der Waals surface area contributed by atoms with Gasteiger partial charge in [0.05, 0.1) is 23.7 Å². The molecule has 9 heteroatoms. The summed E-state index contributed by atoms with van der Waals surface area (Å²) in [5.41, 5.74) is 4.79. The first-order valence-electron chi connectivity index (χ1n) is 12.0. The molecule has 35 heavy (non-hydrogen) atoms. The summed E-state index contributed by atoms with van der Waals surface area (Å²) >= 11 is 0. The molecule has 1 saturated heterocycles. The summed E-state index contributed by atoms with van der Waals surface area (Å²) < 4.78 is 7.31. The van der Waals surface area contributed by atoms with Crippen molar-refractivity contribution in [3.05, 3.63) is 74.8 Å². The van der Waals surface area contributed by atoms with Crippen molar-refractivity contribution >= 4 is 22.6 Å². The van der Waals surface area contributed by atoms with Crippen LogP contribution in [0.5, 0.6) is 0 Å². The van der Waals surface area contributed by atoms with Crippen LogP contribution in [0.1, 0.15) is 51.6 Å². The monoisotopic (exact) mass is 473 g/mol. The second-order valence-corrected chi connectivity index (χ2v) is 9.48. The average Bonchev–Trinajstić information content (AvgIpc) is 3.34. The summed E-state index contributed by atoms with van der Waals surface area (Å²) in [6.07, 6.45) is 2.22. The molecule has 0 aliphatic carbocycles. The Hall–Kier alpha value is -3.56. The van der Waals surface area contributed by atoms with E-state index in [1.165, 1.54) is 0 Å². The number of amides is 1. The lowest BCUT2D eigenvalue weighted by Gasteiger charge is -2.36. The van der Waals surface area contributed by atoms with Gasteiger partial charge in [0.2, 0.25) is 5.65 Å². The summed E-state index contributed by atoms with van der Waals surface area (Å²) in [7, 11) is 0. The molecule has 0 bridgehead atoms. The second-order valence-electron chi connectivity index (χ2n) is 9.48. The van der Waals surface area contributed by atoms with E-state index in [-0.39, 0.29) is 35.7 Å². The van der Waals surface area contributed by atoms with E-state index in [9.17, 15) is 14.7 Å². The number of H-pyrrole nitrogens is 1. The number of nitrogens with one attached hydrogen (secondary N) is 1. The lowest BCUT2D eigenvalue weighted by Crippen LogP contribution is -2.46. The van der Waals surface area contributed by atoms with E-state index < -0.39 is 0 Å². The molecule has 1 amide bonds. The Bertz CT molecular complexity index is 1500. The number of carbonyl (C=O) groups excluding carboxylic acids is 1. The average molecular weight is 474 g/mol. The zero-order valence-corrected chi connectivity index (χ0v) is 19.5. The highest BCUT2D eigenvalue weighted by molar-refractivity contribution is 5.99. The maximum atomic E-state index is 13.9. The number of aliphatic hydroxyl groups excluding tert-OH is 1. The van der Waals surface area contributed by atoms with Crippen LogP contribution in [0.4, 0.5) is 0 Å². The molecule has 0 saturated carbocycles. The van der Waals surface area contributed by atoms with Gasteiger partial charge in [-0.1, -0.05) is 24.3 Å². The quantitative estimate of drug-likeness (QED) is 0.472. The van der Waals surface area contributed by atoms with Crippen molar-refractivity contribution in [1.29, 1.82) is 0 Å². The topological polar surface area (TPSA) is 113 Å². The maximum absolute atomic E-state index is 13.9. The fourth-order valence-corrected chi connectivity index (χ4v) is 5.43. The minimum Gasteiger partial charge on any atom is -0.394 e. The van der Waals surface area contributed by atoms with E-state index in [1.807, 2.05) is 37.3 Å². The van der Waals surface area contributed by atoms with Gasteiger partial charge in [-0.05, 0) is 55.0 Å². The number of carbonyl (C=O) groups is 1. The van der Waals surface area contributed by atoms with Gasteiger partial charge in [-0.2, -0.15) is 0 Å². The number of rotatable bonds is 3. The smallest absolute Gasteiger partial charge is 0.294 e. The van der Waals surface area contributed by atoms with E-state index in [0.29, 0.717) is 42.8 Å². The zero-order valence-electron chi connectivity index (χ0n) is 19.5. The standard InChI is InChI=1S/C26H27N5O4/c1-15-10-21-22(31-23(16-6-8-35-9-7-16)28-29-24(31)25(33)27-21)12-20(15)26(34)30-13-18-5-3-2-4-17(18)11-19(30)14-32/h2-5,10,12,16,19,32H,6-9,11,13-14H2,1H3,(H,27,33)/t19-/m0/s1. The fraction of sp³-hybridized carbons (Fsp3) is 0.385. The Morgan fingerprint density at radius 1 is 1.17 bits per heavy atom. The number of benzene rings is 2. The summed E-state index contributed by atoms with van der Waals surface area (Å²) in [4.78, 5) is 31.3. The van der Waals surface area contributed by atoms with Gasteiger partial charge in [-0.25, -0.2) is 0 Å². The van der Waals surface area contributed by atoms with Crippen molar-refractivity contribution in [1.82, 2.24) is 24.5 Å². The molecule has 0 unspecified atom stereocenters. The number of nitrogens with zero attached hydrogens (tertiary/aromatic N) is 4. The number of aryl methyl sites for hydroxylation is 1. The zero-order chi connectivity index (χ0) is 24.1. The first-order chi connectivity index (χ1) is 17.0. The predicted molar refractivity (Wildman–Crippen MR) is 130 cm³/mol. The summed E-state index contributed by atoms with van der Waals surface area (Å²) in [5, 5.41) is 18.6. The SMILES string of the molecule is Cc1cc2[nH]c(=O)c3nnc(C4CCOCC4)n3c2cc1C(=O)N1Cc2ccccc2C[C@H]1CO. The first-order valence-corrected chi connectivity index (χ1v) is 12.0.